The second-order valence-electron chi connectivity index (χ2n) is 10.6. The van der Waals surface area contributed by atoms with Crippen LogP contribution in [0.4, 0.5) is 14.5 Å². The summed E-state index contributed by atoms with van der Waals surface area (Å²) >= 11 is 1.93. The van der Waals surface area contributed by atoms with Gasteiger partial charge in [0.2, 0.25) is 0 Å². The lowest BCUT2D eigenvalue weighted by molar-refractivity contribution is 0.00610. The van der Waals surface area contributed by atoms with Crippen LogP contribution in [0.1, 0.15) is 49.9 Å². The number of benzene rings is 1. The van der Waals surface area contributed by atoms with Crippen LogP contribution in [0.25, 0.3) is 0 Å². The van der Waals surface area contributed by atoms with Gasteiger partial charge in [0.25, 0.3) is 6.43 Å². The van der Waals surface area contributed by atoms with Gasteiger partial charge in [-0.1, -0.05) is 12.1 Å². The molecule has 2 aromatic rings. The van der Waals surface area contributed by atoms with Crippen LogP contribution in [0.3, 0.4) is 0 Å². The molecule has 1 aromatic heterocycles. The summed E-state index contributed by atoms with van der Waals surface area (Å²) in [5.41, 5.74) is 4.47. The van der Waals surface area contributed by atoms with Crippen molar-refractivity contribution in [3.05, 3.63) is 59.4 Å². The number of alkyl halides is 2. The van der Waals surface area contributed by atoms with Gasteiger partial charge < -0.3 is 4.31 Å². The molecule has 0 spiro atoms. The number of aromatic nitrogens is 1. The van der Waals surface area contributed by atoms with Crippen LogP contribution in [-0.2, 0) is 6.54 Å². The van der Waals surface area contributed by atoms with Gasteiger partial charge >= 0.3 is 0 Å². The standard InChI is InChI=1S/C28H36F2N6S/c1-19(2)35-17-24(18-35)34-11-9-25(10-12-34)37-36(23-6-4-5-20(3)13-23)16-22-8-7-21(15-31-22)26-14-27(28(29)30)33-32-26/h4-8,13,15,19,24-25,28H,9-12,14,16-18H2,1-3H3. The molecule has 0 amide bonds. The van der Waals surface area contributed by atoms with Gasteiger partial charge in [-0.05, 0) is 88.5 Å². The third kappa shape index (κ3) is 6.38. The Morgan fingerprint density at radius 3 is 2.49 bits per heavy atom. The summed E-state index contributed by atoms with van der Waals surface area (Å²) in [6.45, 7) is 12.1. The third-order valence-corrected chi connectivity index (χ3v) is 8.91. The number of aryl methyl sites for hydroxylation is 1. The van der Waals surface area contributed by atoms with Gasteiger partial charge in [0, 0.05) is 54.3 Å². The molecular formula is C28H36F2N6S. The average Bonchev–Trinajstić information content (AvgIpc) is 3.35. The second-order valence-corrected chi connectivity index (χ2v) is 11.9. The molecular weight excluding hydrogens is 490 g/mol. The molecule has 9 heteroatoms. The molecule has 0 radical (unpaired) electrons. The maximum atomic E-state index is 12.9. The second kappa shape index (κ2) is 11.6. The molecule has 0 bridgehead atoms. The van der Waals surface area contributed by atoms with Crippen molar-refractivity contribution in [1.29, 1.82) is 0 Å². The fraction of sp³-hybridized carbons (Fsp3) is 0.536. The predicted molar refractivity (Wildman–Crippen MR) is 149 cm³/mol. The molecule has 0 aliphatic carbocycles. The number of hydrogen-bond acceptors (Lipinski definition) is 7. The molecule has 2 fully saturated rings. The summed E-state index contributed by atoms with van der Waals surface area (Å²) < 4.78 is 28.2. The Bertz CT molecular complexity index is 1120. The van der Waals surface area contributed by atoms with Crippen molar-refractivity contribution < 1.29 is 8.78 Å². The molecule has 3 aliphatic rings. The normalized spacial score (nSPS) is 19.9. The van der Waals surface area contributed by atoms with E-state index in [4.69, 9.17) is 0 Å². The number of anilines is 1. The van der Waals surface area contributed by atoms with Gasteiger partial charge in [0.05, 0.1) is 18.0 Å². The summed E-state index contributed by atoms with van der Waals surface area (Å²) in [4.78, 5) is 9.89. The number of halogens is 2. The highest BCUT2D eigenvalue weighted by Crippen LogP contribution is 2.34. The molecule has 1 aromatic carbocycles. The summed E-state index contributed by atoms with van der Waals surface area (Å²) in [5.74, 6) is 0. The molecule has 37 heavy (non-hydrogen) atoms. The number of nitrogens with zero attached hydrogens (tertiary/aromatic N) is 6. The fourth-order valence-corrected chi connectivity index (χ4v) is 6.35. The van der Waals surface area contributed by atoms with E-state index in [1.54, 1.807) is 6.20 Å². The zero-order valence-corrected chi connectivity index (χ0v) is 22.7. The van der Waals surface area contributed by atoms with Crippen LogP contribution in [0.2, 0.25) is 0 Å². The van der Waals surface area contributed by atoms with Gasteiger partial charge in [-0.25, -0.2) is 8.78 Å². The molecule has 5 rings (SSSR count). The van der Waals surface area contributed by atoms with E-state index in [-0.39, 0.29) is 12.1 Å². The first-order valence-corrected chi connectivity index (χ1v) is 14.0. The number of rotatable bonds is 9. The highest BCUT2D eigenvalue weighted by atomic mass is 32.2. The van der Waals surface area contributed by atoms with E-state index in [1.165, 1.54) is 37.2 Å². The van der Waals surface area contributed by atoms with Crippen molar-refractivity contribution >= 4 is 29.1 Å². The van der Waals surface area contributed by atoms with Crippen LogP contribution in [0, 0.1) is 6.92 Å². The lowest BCUT2D eigenvalue weighted by Gasteiger charge is -2.49. The summed E-state index contributed by atoms with van der Waals surface area (Å²) in [7, 11) is 0. The van der Waals surface area contributed by atoms with E-state index in [1.807, 2.05) is 24.1 Å². The monoisotopic (exact) mass is 526 g/mol. The van der Waals surface area contributed by atoms with Gasteiger partial charge in [-0.3, -0.25) is 14.8 Å². The Hall–Kier alpha value is -2.36. The number of likely N-dealkylation sites (tertiary alicyclic amines) is 2. The summed E-state index contributed by atoms with van der Waals surface area (Å²) in [5, 5.41) is 8.13. The highest BCUT2D eigenvalue weighted by Gasteiger charge is 2.35. The minimum Gasteiger partial charge on any atom is -0.310 e. The predicted octanol–water partition coefficient (Wildman–Crippen LogP) is 5.42. The molecule has 3 aliphatic heterocycles. The maximum Gasteiger partial charge on any atom is 0.278 e. The van der Waals surface area contributed by atoms with E-state index >= 15 is 0 Å². The molecule has 4 heterocycles. The first-order chi connectivity index (χ1) is 17.9. The zero-order chi connectivity index (χ0) is 25.9. The van der Waals surface area contributed by atoms with E-state index < -0.39 is 6.43 Å². The van der Waals surface area contributed by atoms with Crippen molar-refractivity contribution in [1.82, 2.24) is 14.8 Å². The third-order valence-electron chi connectivity index (χ3n) is 7.54. The van der Waals surface area contributed by atoms with Crippen LogP contribution in [0.5, 0.6) is 0 Å². The van der Waals surface area contributed by atoms with E-state index in [0.29, 0.717) is 23.5 Å². The lowest BCUT2D eigenvalue weighted by atomic mass is 10.0. The van der Waals surface area contributed by atoms with Crippen molar-refractivity contribution in [2.45, 2.75) is 70.3 Å². The van der Waals surface area contributed by atoms with Gasteiger partial charge in [0.15, 0.2) is 0 Å². The van der Waals surface area contributed by atoms with Crippen LogP contribution >= 0.6 is 11.9 Å². The number of pyridine rings is 1. The van der Waals surface area contributed by atoms with E-state index in [0.717, 1.165) is 30.4 Å². The summed E-state index contributed by atoms with van der Waals surface area (Å²) in [6.07, 6.45) is 1.62. The number of piperidine rings is 1. The Kier molecular flexibility index (Phi) is 8.21. The Labute approximate surface area is 223 Å². The minimum absolute atomic E-state index is 0.0824. The van der Waals surface area contributed by atoms with Crippen LogP contribution in [0.15, 0.2) is 52.8 Å². The fourth-order valence-electron chi connectivity index (χ4n) is 5.12. The SMILES string of the molecule is Cc1cccc(N(Cc2ccc(C3=NN=C(C(F)F)C3)cn2)SC2CCN(C3CN(C(C)C)C3)CC2)c1. The quantitative estimate of drug-likeness (QED) is 0.409. The van der Waals surface area contributed by atoms with E-state index in [2.05, 4.69) is 74.3 Å². The first kappa shape index (κ1) is 26.3. The van der Waals surface area contributed by atoms with Crippen LogP contribution < -0.4 is 4.31 Å². The molecule has 0 unspecified atom stereocenters. The molecule has 198 valence electrons. The van der Waals surface area contributed by atoms with Gasteiger partial charge in [-0.15, -0.1) is 0 Å². The molecule has 0 atom stereocenters. The first-order valence-electron chi connectivity index (χ1n) is 13.2. The average molecular weight is 527 g/mol. The maximum absolute atomic E-state index is 12.9. The molecule has 0 saturated carbocycles. The largest absolute Gasteiger partial charge is 0.310 e. The Morgan fingerprint density at radius 2 is 1.86 bits per heavy atom. The molecule has 0 N–H and O–H groups in total. The number of hydrogen-bond donors (Lipinski definition) is 0. The Morgan fingerprint density at radius 1 is 1.08 bits per heavy atom. The van der Waals surface area contributed by atoms with Crippen molar-refractivity contribution in [2.75, 3.05) is 30.5 Å². The Balaban J connectivity index is 1.21. The summed E-state index contributed by atoms with van der Waals surface area (Å²) in [6, 6.07) is 13.9. The van der Waals surface area contributed by atoms with Crippen molar-refractivity contribution in [3.63, 3.8) is 0 Å². The van der Waals surface area contributed by atoms with Gasteiger partial charge in [-0.2, -0.15) is 10.2 Å². The van der Waals surface area contributed by atoms with Gasteiger partial charge in [0.1, 0.15) is 5.71 Å². The lowest BCUT2D eigenvalue weighted by Crippen LogP contribution is -2.62. The van der Waals surface area contributed by atoms with Crippen molar-refractivity contribution in [3.8, 4) is 0 Å². The smallest absolute Gasteiger partial charge is 0.278 e. The van der Waals surface area contributed by atoms with Crippen LogP contribution in [-0.4, -0.2) is 76.1 Å². The minimum atomic E-state index is -2.57. The molecule has 6 nitrogen and oxygen atoms in total. The highest BCUT2D eigenvalue weighted by molar-refractivity contribution is 8.01. The van der Waals surface area contributed by atoms with Crippen molar-refractivity contribution in [2.24, 2.45) is 10.2 Å². The topological polar surface area (TPSA) is 47.3 Å². The van der Waals surface area contributed by atoms with E-state index in [9.17, 15) is 8.78 Å². The molecule has 2 saturated heterocycles. The zero-order valence-electron chi connectivity index (χ0n) is 21.9.